The second-order valence-electron chi connectivity index (χ2n) is 6.17. The van der Waals surface area contributed by atoms with Crippen molar-refractivity contribution in [3.63, 3.8) is 0 Å². The van der Waals surface area contributed by atoms with E-state index in [1.807, 2.05) is 24.3 Å². The van der Waals surface area contributed by atoms with Crippen molar-refractivity contribution in [2.45, 2.75) is 49.8 Å². The van der Waals surface area contributed by atoms with Crippen LogP contribution in [0.1, 0.15) is 38.5 Å². The summed E-state index contributed by atoms with van der Waals surface area (Å²) in [5.74, 6) is 0.577. The van der Waals surface area contributed by atoms with E-state index in [1.165, 1.54) is 30.3 Å². The van der Waals surface area contributed by atoms with Crippen molar-refractivity contribution >= 4 is 28.8 Å². The molecule has 1 aromatic carbocycles. The molecule has 0 spiro atoms. The van der Waals surface area contributed by atoms with Gasteiger partial charge in [-0.05, 0) is 50.7 Å². The molecule has 4 rings (SSSR count). The van der Waals surface area contributed by atoms with Gasteiger partial charge in [0.05, 0.1) is 5.75 Å². The lowest BCUT2D eigenvalue weighted by Crippen LogP contribution is -2.34. The van der Waals surface area contributed by atoms with E-state index in [1.54, 1.807) is 0 Å². The third-order valence-electron chi connectivity index (χ3n) is 4.35. The van der Waals surface area contributed by atoms with Crippen LogP contribution in [0, 0.1) is 0 Å². The van der Waals surface area contributed by atoms with E-state index in [0.717, 1.165) is 36.8 Å². The fraction of sp³-hybridized carbons (Fsp3) is 0.444. The molecule has 0 aliphatic heterocycles. The van der Waals surface area contributed by atoms with Crippen LogP contribution in [0.3, 0.4) is 0 Å². The number of oxazole rings is 1. The van der Waals surface area contributed by atoms with E-state index < -0.39 is 0 Å². The monoisotopic (exact) mass is 328 g/mol. The SMILES string of the molecule is O=C(CSc1nc2ccccc2o1)N(C1=CCCCC1)C1CC1. The summed E-state index contributed by atoms with van der Waals surface area (Å²) in [5.41, 5.74) is 2.86. The van der Waals surface area contributed by atoms with Gasteiger partial charge in [-0.2, -0.15) is 0 Å². The molecule has 0 N–H and O–H groups in total. The van der Waals surface area contributed by atoms with E-state index >= 15 is 0 Å². The Hall–Kier alpha value is -1.75. The maximum atomic E-state index is 12.7. The van der Waals surface area contributed by atoms with Crippen LogP contribution >= 0.6 is 11.8 Å². The number of rotatable bonds is 5. The molecule has 1 fully saturated rings. The summed E-state index contributed by atoms with van der Waals surface area (Å²) in [6.07, 6.45) is 9.10. The smallest absolute Gasteiger partial charge is 0.257 e. The van der Waals surface area contributed by atoms with Crippen LogP contribution in [-0.4, -0.2) is 27.6 Å². The Balaban J connectivity index is 1.44. The van der Waals surface area contributed by atoms with Gasteiger partial charge in [-0.1, -0.05) is 30.0 Å². The van der Waals surface area contributed by atoms with Gasteiger partial charge in [0.25, 0.3) is 5.22 Å². The Morgan fingerprint density at radius 1 is 1.30 bits per heavy atom. The summed E-state index contributed by atoms with van der Waals surface area (Å²) in [5, 5.41) is 0.577. The zero-order chi connectivity index (χ0) is 15.6. The Bertz CT molecular complexity index is 715. The van der Waals surface area contributed by atoms with Crippen LogP contribution in [0.25, 0.3) is 11.1 Å². The highest BCUT2D eigenvalue weighted by Crippen LogP contribution is 2.34. The molecule has 2 aliphatic carbocycles. The average molecular weight is 328 g/mol. The standard InChI is InChI=1S/C18H20N2O2S/c21-17(20(14-10-11-14)13-6-2-1-3-7-13)12-23-18-19-15-8-4-5-9-16(15)22-18/h4-6,8-9,14H,1-3,7,10-12H2. The minimum absolute atomic E-state index is 0.188. The molecular formula is C18H20N2O2S. The number of benzene rings is 1. The second-order valence-corrected chi connectivity index (χ2v) is 7.10. The Kier molecular flexibility index (Phi) is 4.12. The molecule has 1 amide bonds. The number of allylic oxidation sites excluding steroid dienone is 2. The fourth-order valence-corrected chi connectivity index (χ4v) is 3.77. The number of thioether (sulfide) groups is 1. The molecule has 4 nitrogen and oxygen atoms in total. The van der Waals surface area contributed by atoms with Crippen LogP contribution < -0.4 is 0 Å². The van der Waals surface area contributed by atoms with Gasteiger partial charge < -0.3 is 9.32 Å². The molecule has 0 atom stereocenters. The maximum Gasteiger partial charge on any atom is 0.257 e. The van der Waals surface area contributed by atoms with E-state index in [2.05, 4.69) is 16.0 Å². The summed E-state index contributed by atoms with van der Waals surface area (Å²) in [7, 11) is 0. The van der Waals surface area contributed by atoms with Crippen LogP contribution in [0.2, 0.25) is 0 Å². The summed E-state index contributed by atoms with van der Waals surface area (Å²) in [6, 6.07) is 8.12. The number of carbonyl (C=O) groups excluding carboxylic acids is 1. The summed E-state index contributed by atoms with van der Waals surface area (Å²) >= 11 is 1.40. The second kappa shape index (κ2) is 6.40. The van der Waals surface area contributed by atoms with E-state index in [4.69, 9.17) is 4.42 Å². The van der Waals surface area contributed by atoms with Gasteiger partial charge in [-0.25, -0.2) is 4.98 Å². The average Bonchev–Trinajstić information content (AvgIpc) is 3.32. The zero-order valence-corrected chi connectivity index (χ0v) is 13.8. The van der Waals surface area contributed by atoms with Crippen molar-refractivity contribution in [1.82, 2.24) is 9.88 Å². The van der Waals surface area contributed by atoms with Gasteiger partial charge in [-0.3, -0.25) is 4.79 Å². The number of aromatic nitrogens is 1. The Morgan fingerprint density at radius 2 is 2.17 bits per heavy atom. The molecule has 23 heavy (non-hydrogen) atoms. The predicted molar refractivity (Wildman–Crippen MR) is 91.2 cm³/mol. The van der Waals surface area contributed by atoms with Crippen molar-refractivity contribution in [1.29, 1.82) is 0 Å². The Morgan fingerprint density at radius 3 is 2.91 bits per heavy atom. The molecule has 1 heterocycles. The lowest BCUT2D eigenvalue weighted by Gasteiger charge is -2.27. The molecule has 5 heteroatoms. The molecule has 0 unspecified atom stereocenters. The first kappa shape index (κ1) is 14.8. The van der Waals surface area contributed by atoms with Crippen molar-refractivity contribution in [2.75, 3.05) is 5.75 Å². The molecule has 2 aliphatic rings. The number of hydrogen-bond donors (Lipinski definition) is 0. The van der Waals surface area contributed by atoms with Gasteiger partial charge in [0, 0.05) is 11.7 Å². The predicted octanol–water partition coefficient (Wildman–Crippen LogP) is 4.37. The first-order chi connectivity index (χ1) is 11.3. The quantitative estimate of drug-likeness (QED) is 0.765. The molecule has 120 valence electrons. The third-order valence-corrected chi connectivity index (χ3v) is 5.16. The van der Waals surface area contributed by atoms with Crippen LogP contribution in [0.15, 0.2) is 45.7 Å². The number of fused-ring (bicyclic) bond motifs is 1. The molecule has 2 aromatic rings. The van der Waals surface area contributed by atoms with Gasteiger partial charge in [0.1, 0.15) is 5.52 Å². The van der Waals surface area contributed by atoms with Crippen LogP contribution in [-0.2, 0) is 4.79 Å². The molecule has 1 saturated carbocycles. The number of amides is 1. The third kappa shape index (κ3) is 3.29. The van der Waals surface area contributed by atoms with Crippen molar-refractivity contribution < 1.29 is 9.21 Å². The van der Waals surface area contributed by atoms with Crippen LogP contribution in [0.5, 0.6) is 0 Å². The highest BCUT2D eigenvalue weighted by molar-refractivity contribution is 7.99. The van der Waals surface area contributed by atoms with Crippen LogP contribution in [0.4, 0.5) is 0 Å². The molecular weight excluding hydrogens is 308 g/mol. The van der Waals surface area contributed by atoms with Gasteiger partial charge in [-0.15, -0.1) is 0 Å². The highest BCUT2D eigenvalue weighted by atomic mass is 32.2. The van der Waals surface area contributed by atoms with Crippen molar-refractivity contribution in [2.24, 2.45) is 0 Å². The van der Waals surface area contributed by atoms with Gasteiger partial charge in [0.2, 0.25) is 5.91 Å². The molecule has 0 radical (unpaired) electrons. The summed E-state index contributed by atoms with van der Waals surface area (Å²) in [4.78, 5) is 19.2. The van der Waals surface area contributed by atoms with E-state index in [0.29, 0.717) is 17.0 Å². The minimum Gasteiger partial charge on any atom is -0.431 e. The molecule has 0 saturated heterocycles. The van der Waals surface area contributed by atoms with E-state index in [9.17, 15) is 4.79 Å². The van der Waals surface area contributed by atoms with Crippen molar-refractivity contribution in [3.8, 4) is 0 Å². The van der Waals surface area contributed by atoms with Crippen molar-refractivity contribution in [3.05, 3.63) is 36.0 Å². The first-order valence-corrected chi connectivity index (χ1v) is 9.29. The van der Waals surface area contributed by atoms with E-state index in [-0.39, 0.29) is 5.91 Å². The number of hydrogen-bond acceptors (Lipinski definition) is 4. The normalized spacial score (nSPS) is 18.0. The highest BCUT2D eigenvalue weighted by Gasteiger charge is 2.35. The largest absolute Gasteiger partial charge is 0.431 e. The first-order valence-electron chi connectivity index (χ1n) is 8.31. The van der Waals surface area contributed by atoms with Gasteiger partial charge >= 0.3 is 0 Å². The van der Waals surface area contributed by atoms with Gasteiger partial charge in [0.15, 0.2) is 5.58 Å². The zero-order valence-electron chi connectivity index (χ0n) is 13.0. The fourth-order valence-electron chi connectivity index (χ4n) is 3.08. The molecule has 1 aromatic heterocycles. The minimum atomic E-state index is 0.188. The number of para-hydroxylation sites is 2. The number of nitrogens with zero attached hydrogens (tertiary/aromatic N) is 2. The summed E-state index contributed by atoms with van der Waals surface area (Å²) in [6.45, 7) is 0. The number of carbonyl (C=O) groups is 1. The Labute approximate surface area is 139 Å². The lowest BCUT2D eigenvalue weighted by molar-refractivity contribution is -0.127. The summed E-state index contributed by atoms with van der Waals surface area (Å²) < 4.78 is 5.69. The topological polar surface area (TPSA) is 46.3 Å². The molecule has 0 bridgehead atoms. The maximum absolute atomic E-state index is 12.7. The lowest BCUT2D eigenvalue weighted by atomic mass is 10.0.